The van der Waals surface area contributed by atoms with Gasteiger partial charge < -0.3 is 10.6 Å². The molecule has 0 radical (unpaired) electrons. The average molecular weight is 205 g/mol. The van der Waals surface area contributed by atoms with Crippen LogP contribution in [0.1, 0.15) is 24.8 Å². The SMILES string of the molecule is Cc1ccncc1NC1CCCNCC1. The Hall–Kier alpha value is -1.09. The Bertz CT molecular complexity index is 303. The van der Waals surface area contributed by atoms with E-state index in [4.69, 9.17) is 0 Å². The van der Waals surface area contributed by atoms with E-state index >= 15 is 0 Å². The zero-order valence-electron chi connectivity index (χ0n) is 9.29. The second-order valence-electron chi connectivity index (χ2n) is 4.21. The summed E-state index contributed by atoms with van der Waals surface area (Å²) in [6.07, 6.45) is 7.48. The van der Waals surface area contributed by atoms with Crippen molar-refractivity contribution in [1.82, 2.24) is 10.3 Å². The Labute approximate surface area is 91.3 Å². The van der Waals surface area contributed by atoms with Gasteiger partial charge >= 0.3 is 0 Å². The van der Waals surface area contributed by atoms with Crippen molar-refractivity contribution in [2.45, 2.75) is 32.2 Å². The van der Waals surface area contributed by atoms with Gasteiger partial charge in [-0.15, -0.1) is 0 Å². The van der Waals surface area contributed by atoms with Crippen LogP contribution in [0.4, 0.5) is 5.69 Å². The van der Waals surface area contributed by atoms with Crippen molar-refractivity contribution in [2.24, 2.45) is 0 Å². The molecule has 2 N–H and O–H groups in total. The molecule has 1 saturated heterocycles. The van der Waals surface area contributed by atoms with Crippen molar-refractivity contribution in [3.8, 4) is 0 Å². The van der Waals surface area contributed by atoms with Gasteiger partial charge in [-0.05, 0) is 50.9 Å². The molecule has 1 aromatic rings. The molecule has 0 aliphatic carbocycles. The van der Waals surface area contributed by atoms with Crippen LogP contribution in [-0.4, -0.2) is 24.1 Å². The van der Waals surface area contributed by atoms with Gasteiger partial charge in [-0.25, -0.2) is 0 Å². The fraction of sp³-hybridized carbons (Fsp3) is 0.583. The molecule has 0 saturated carbocycles. The molecule has 0 aromatic carbocycles. The fourth-order valence-corrected chi connectivity index (χ4v) is 2.00. The maximum Gasteiger partial charge on any atom is 0.0558 e. The van der Waals surface area contributed by atoms with Gasteiger partial charge in [-0.1, -0.05) is 0 Å². The first-order valence-corrected chi connectivity index (χ1v) is 5.74. The van der Waals surface area contributed by atoms with Crippen molar-refractivity contribution < 1.29 is 0 Å². The highest BCUT2D eigenvalue weighted by molar-refractivity contribution is 5.48. The van der Waals surface area contributed by atoms with Crippen LogP contribution in [0.2, 0.25) is 0 Å². The summed E-state index contributed by atoms with van der Waals surface area (Å²) in [5.41, 5.74) is 2.46. The van der Waals surface area contributed by atoms with Crippen LogP contribution in [0.15, 0.2) is 18.5 Å². The Kier molecular flexibility index (Phi) is 3.56. The summed E-state index contributed by atoms with van der Waals surface area (Å²) in [5.74, 6) is 0. The van der Waals surface area contributed by atoms with E-state index in [1.54, 1.807) is 0 Å². The number of hydrogen-bond acceptors (Lipinski definition) is 3. The lowest BCUT2D eigenvalue weighted by Crippen LogP contribution is -2.21. The van der Waals surface area contributed by atoms with E-state index in [9.17, 15) is 0 Å². The van der Waals surface area contributed by atoms with E-state index in [1.807, 2.05) is 12.4 Å². The highest BCUT2D eigenvalue weighted by atomic mass is 15.0. The van der Waals surface area contributed by atoms with E-state index in [0.717, 1.165) is 13.1 Å². The molecule has 1 unspecified atom stereocenters. The molecular formula is C12H19N3. The largest absolute Gasteiger partial charge is 0.381 e. The molecule has 3 nitrogen and oxygen atoms in total. The van der Waals surface area contributed by atoms with E-state index < -0.39 is 0 Å². The van der Waals surface area contributed by atoms with E-state index in [-0.39, 0.29) is 0 Å². The molecule has 82 valence electrons. The maximum absolute atomic E-state index is 4.16. The third-order valence-corrected chi connectivity index (χ3v) is 2.97. The molecule has 0 amide bonds. The topological polar surface area (TPSA) is 37.0 Å². The second-order valence-corrected chi connectivity index (χ2v) is 4.21. The molecule has 0 bridgehead atoms. The number of anilines is 1. The van der Waals surface area contributed by atoms with Crippen LogP contribution in [0.3, 0.4) is 0 Å². The van der Waals surface area contributed by atoms with Gasteiger partial charge in [-0.3, -0.25) is 4.98 Å². The predicted octanol–water partition coefficient (Wildman–Crippen LogP) is 1.94. The van der Waals surface area contributed by atoms with Crippen LogP contribution in [0, 0.1) is 6.92 Å². The summed E-state index contributed by atoms with van der Waals surface area (Å²) in [6, 6.07) is 2.65. The van der Waals surface area contributed by atoms with E-state index in [2.05, 4.69) is 28.6 Å². The van der Waals surface area contributed by atoms with E-state index in [0.29, 0.717) is 6.04 Å². The second kappa shape index (κ2) is 5.12. The summed E-state index contributed by atoms with van der Waals surface area (Å²) >= 11 is 0. The molecule has 1 aliphatic heterocycles. The third kappa shape index (κ3) is 2.93. The van der Waals surface area contributed by atoms with Crippen molar-refractivity contribution in [3.05, 3.63) is 24.0 Å². The molecule has 2 heterocycles. The highest BCUT2D eigenvalue weighted by Crippen LogP contribution is 2.16. The summed E-state index contributed by atoms with van der Waals surface area (Å²) in [6.45, 7) is 4.40. The van der Waals surface area contributed by atoms with Crippen LogP contribution in [-0.2, 0) is 0 Å². The number of nitrogens with zero attached hydrogens (tertiary/aromatic N) is 1. The minimum atomic E-state index is 0.600. The van der Waals surface area contributed by atoms with Crippen LogP contribution in [0.25, 0.3) is 0 Å². The molecule has 3 heteroatoms. The normalized spacial score (nSPS) is 22.1. The molecule has 1 aliphatic rings. The Balaban J connectivity index is 1.98. The predicted molar refractivity (Wildman–Crippen MR) is 63.1 cm³/mol. The summed E-state index contributed by atoms with van der Waals surface area (Å²) in [4.78, 5) is 4.16. The number of hydrogen-bond donors (Lipinski definition) is 2. The fourth-order valence-electron chi connectivity index (χ4n) is 2.00. The van der Waals surface area contributed by atoms with Gasteiger partial charge in [0.25, 0.3) is 0 Å². The zero-order chi connectivity index (χ0) is 10.5. The Morgan fingerprint density at radius 1 is 1.40 bits per heavy atom. The average Bonchev–Trinajstić information content (AvgIpc) is 2.50. The first kappa shape index (κ1) is 10.4. The Morgan fingerprint density at radius 2 is 2.33 bits per heavy atom. The Morgan fingerprint density at radius 3 is 3.20 bits per heavy atom. The first-order chi connectivity index (χ1) is 7.36. The molecule has 1 fully saturated rings. The van der Waals surface area contributed by atoms with E-state index in [1.165, 1.54) is 30.5 Å². The molecule has 0 spiro atoms. The number of rotatable bonds is 2. The highest BCUT2D eigenvalue weighted by Gasteiger charge is 2.11. The van der Waals surface area contributed by atoms with Crippen molar-refractivity contribution in [2.75, 3.05) is 18.4 Å². The zero-order valence-corrected chi connectivity index (χ0v) is 9.29. The van der Waals surface area contributed by atoms with Gasteiger partial charge in [0.05, 0.1) is 11.9 Å². The van der Waals surface area contributed by atoms with Crippen LogP contribution >= 0.6 is 0 Å². The molecule has 1 atom stereocenters. The minimum Gasteiger partial charge on any atom is -0.381 e. The van der Waals surface area contributed by atoms with Gasteiger partial charge in [0, 0.05) is 12.2 Å². The van der Waals surface area contributed by atoms with Crippen LogP contribution in [0.5, 0.6) is 0 Å². The molecule has 15 heavy (non-hydrogen) atoms. The lowest BCUT2D eigenvalue weighted by Gasteiger charge is -2.18. The molecular weight excluding hydrogens is 186 g/mol. The minimum absolute atomic E-state index is 0.600. The van der Waals surface area contributed by atoms with Crippen molar-refractivity contribution >= 4 is 5.69 Å². The van der Waals surface area contributed by atoms with Gasteiger partial charge in [0.15, 0.2) is 0 Å². The van der Waals surface area contributed by atoms with Crippen molar-refractivity contribution in [3.63, 3.8) is 0 Å². The molecule has 2 rings (SSSR count). The lowest BCUT2D eigenvalue weighted by atomic mass is 10.1. The third-order valence-electron chi connectivity index (χ3n) is 2.97. The molecule has 1 aromatic heterocycles. The first-order valence-electron chi connectivity index (χ1n) is 5.74. The smallest absolute Gasteiger partial charge is 0.0558 e. The summed E-state index contributed by atoms with van der Waals surface area (Å²) in [7, 11) is 0. The quantitative estimate of drug-likeness (QED) is 0.775. The number of aryl methyl sites for hydroxylation is 1. The number of nitrogens with one attached hydrogen (secondary N) is 2. The van der Waals surface area contributed by atoms with Gasteiger partial charge in [-0.2, -0.15) is 0 Å². The maximum atomic E-state index is 4.16. The monoisotopic (exact) mass is 205 g/mol. The van der Waals surface area contributed by atoms with Gasteiger partial charge in [0.2, 0.25) is 0 Å². The summed E-state index contributed by atoms with van der Waals surface area (Å²) in [5, 5.41) is 7.01. The number of aromatic nitrogens is 1. The lowest BCUT2D eigenvalue weighted by molar-refractivity contribution is 0.637. The van der Waals surface area contributed by atoms with Gasteiger partial charge in [0.1, 0.15) is 0 Å². The standard InChI is InChI=1S/C12H19N3/c1-10-4-7-14-9-12(10)15-11-3-2-6-13-8-5-11/h4,7,9,11,13,15H,2-3,5-6,8H2,1H3. The summed E-state index contributed by atoms with van der Waals surface area (Å²) < 4.78 is 0. The number of pyridine rings is 1. The van der Waals surface area contributed by atoms with Crippen LogP contribution < -0.4 is 10.6 Å². The van der Waals surface area contributed by atoms with Crippen molar-refractivity contribution in [1.29, 1.82) is 0 Å².